The van der Waals surface area contributed by atoms with Crippen LogP contribution in [0.4, 0.5) is 14.6 Å². The molecular formula is C38H45F2N5O2SSi. The van der Waals surface area contributed by atoms with Crippen molar-refractivity contribution < 1.29 is 18.3 Å². The first-order valence-electron chi connectivity index (χ1n) is 16.9. The van der Waals surface area contributed by atoms with E-state index in [0.29, 0.717) is 73.9 Å². The third-order valence-corrected chi connectivity index (χ3v) is 16.8. The number of rotatable bonds is 9. The van der Waals surface area contributed by atoms with E-state index >= 15 is 8.78 Å². The number of aromatic nitrogens is 3. The number of ether oxygens (including phenoxy) is 2. The van der Waals surface area contributed by atoms with Crippen LogP contribution in [-0.2, 0) is 4.74 Å². The monoisotopic (exact) mass is 701 g/mol. The van der Waals surface area contributed by atoms with Crippen molar-refractivity contribution in [1.82, 2.24) is 15.0 Å². The van der Waals surface area contributed by atoms with E-state index in [2.05, 4.69) is 64.1 Å². The molecule has 1 fully saturated rings. The molecule has 1 saturated heterocycles. The van der Waals surface area contributed by atoms with Gasteiger partial charge in [0, 0.05) is 31.1 Å². The van der Waals surface area contributed by atoms with Crippen LogP contribution in [0.15, 0.2) is 29.4 Å². The van der Waals surface area contributed by atoms with Gasteiger partial charge < -0.3 is 14.4 Å². The Morgan fingerprint density at radius 1 is 1.04 bits per heavy atom. The Labute approximate surface area is 293 Å². The highest BCUT2D eigenvalue weighted by molar-refractivity contribution is 7.98. The summed E-state index contributed by atoms with van der Waals surface area (Å²) in [5.41, 5.74) is 5.95. The number of nitrogens with zero attached hydrogens (tertiary/aromatic N) is 5. The quantitative estimate of drug-likeness (QED) is 0.0561. The lowest BCUT2D eigenvalue weighted by Crippen LogP contribution is -2.43. The number of piperidine rings is 1. The lowest BCUT2D eigenvalue weighted by molar-refractivity contribution is 0.0512. The number of thioether (sulfide) groups is 1. The molecular weight excluding hydrogens is 657 g/mol. The van der Waals surface area contributed by atoms with Crippen LogP contribution in [0.5, 0.6) is 5.75 Å². The van der Waals surface area contributed by atoms with Crippen LogP contribution in [0.25, 0.3) is 32.9 Å². The van der Waals surface area contributed by atoms with Crippen LogP contribution >= 0.6 is 11.8 Å². The summed E-state index contributed by atoms with van der Waals surface area (Å²) in [6, 6.07) is 8.93. The van der Waals surface area contributed by atoms with Gasteiger partial charge in [-0.1, -0.05) is 65.3 Å². The first kappa shape index (κ1) is 36.5. The summed E-state index contributed by atoms with van der Waals surface area (Å²) in [5, 5.41) is 11.7. The molecule has 0 bridgehead atoms. The number of methoxy groups -OCH3 is 1. The number of benzene rings is 2. The van der Waals surface area contributed by atoms with Crippen molar-refractivity contribution >= 4 is 47.3 Å². The molecule has 11 heteroatoms. The SMILES string of the molecule is COCOc1cc(-c2nc(C)c3c(N4CCCC(C#N)C4)nc(SC)nc3c2F)c2c(C#C[Si](C(C)C)(C(C)C)C(C)C)c(F)ccc2c1. The highest BCUT2D eigenvalue weighted by Crippen LogP contribution is 2.43. The van der Waals surface area contributed by atoms with E-state index in [1.54, 1.807) is 18.2 Å². The predicted molar refractivity (Wildman–Crippen MR) is 198 cm³/mol. The average molecular weight is 702 g/mol. The second kappa shape index (κ2) is 15.0. The zero-order valence-electron chi connectivity index (χ0n) is 29.9. The zero-order chi connectivity index (χ0) is 35.6. The van der Waals surface area contributed by atoms with Gasteiger partial charge in [-0.15, -0.1) is 5.54 Å². The molecule has 7 nitrogen and oxygen atoms in total. The number of fused-ring (bicyclic) bond motifs is 2. The Kier molecular flexibility index (Phi) is 11.2. The summed E-state index contributed by atoms with van der Waals surface area (Å²) in [5.74, 6) is 3.06. The Balaban J connectivity index is 1.84. The minimum absolute atomic E-state index is 0.0239. The lowest BCUT2D eigenvalue weighted by Gasteiger charge is -2.38. The van der Waals surface area contributed by atoms with Gasteiger partial charge in [-0.3, -0.25) is 0 Å². The van der Waals surface area contributed by atoms with Gasteiger partial charge in [0.1, 0.15) is 36.7 Å². The number of aryl methyl sites for hydroxylation is 1. The zero-order valence-corrected chi connectivity index (χ0v) is 31.7. The van der Waals surface area contributed by atoms with Crippen molar-refractivity contribution in [2.75, 3.05) is 38.1 Å². The summed E-state index contributed by atoms with van der Waals surface area (Å²) in [6.45, 7) is 16.3. The summed E-state index contributed by atoms with van der Waals surface area (Å²) in [7, 11) is -0.723. The Bertz CT molecular complexity index is 1960. The van der Waals surface area contributed by atoms with Gasteiger partial charge in [-0.25, -0.2) is 23.7 Å². The fourth-order valence-corrected chi connectivity index (χ4v) is 13.2. The molecule has 5 rings (SSSR count). The fraction of sp³-hybridized carbons (Fsp3) is 0.474. The number of hydrogen-bond donors (Lipinski definition) is 0. The standard InChI is InChI=1S/C38H45F2N5O2SSi/c1-22(2)49(23(3)4,24(5)6)16-14-29-31(39)13-12-27-17-28(47-21-46-8)18-30(33(27)29)35-34(40)36-32(25(7)42-35)37(44-38(43-36)48-9)45-15-10-11-26(19-41)20-45/h12-13,17-18,22-24,26H,10-11,15,20-21H2,1-9H3. The second-order valence-corrected chi connectivity index (χ2v) is 20.1. The number of halogens is 2. The molecule has 1 atom stereocenters. The molecule has 3 heterocycles. The smallest absolute Gasteiger partial charge is 0.189 e. The Hall–Kier alpha value is -3.77. The largest absolute Gasteiger partial charge is 0.468 e. The average Bonchev–Trinajstić information content (AvgIpc) is 3.08. The molecule has 0 spiro atoms. The molecule has 2 aromatic heterocycles. The lowest BCUT2D eigenvalue weighted by atomic mass is 9.95. The normalized spacial score (nSPS) is 15.3. The maximum atomic E-state index is 17.2. The number of hydrogen-bond acceptors (Lipinski definition) is 8. The van der Waals surface area contributed by atoms with Crippen LogP contribution in [0.2, 0.25) is 16.6 Å². The van der Waals surface area contributed by atoms with Crippen molar-refractivity contribution in [3.63, 3.8) is 0 Å². The Morgan fingerprint density at radius 3 is 2.39 bits per heavy atom. The molecule has 1 aliphatic rings. The number of anilines is 1. The molecule has 0 aliphatic carbocycles. The van der Waals surface area contributed by atoms with Crippen LogP contribution in [-0.4, -0.2) is 56.3 Å². The topological polar surface area (TPSA) is 84.2 Å². The molecule has 0 amide bonds. The highest BCUT2D eigenvalue weighted by atomic mass is 32.2. The molecule has 1 aliphatic heterocycles. The van der Waals surface area contributed by atoms with E-state index in [1.807, 2.05) is 18.1 Å². The molecule has 4 aromatic rings. The molecule has 2 aromatic carbocycles. The molecule has 0 N–H and O–H groups in total. The summed E-state index contributed by atoms with van der Waals surface area (Å²) in [4.78, 5) is 16.3. The van der Waals surface area contributed by atoms with Crippen molar-refractivity contribution in [2.24, 2.45) is 5.92 Å². The van der Waals surface area contributed by atoms with Gasteiger partial charge in [0.15, 0.2) is 17.8 Å². The highest BCUT2D eigenvalue weighted by Gasteiger charge is 2.42. The van der Waals surface area contributed by atoms with E-state index in [4.69, 9.17) is 19.4 Å². The van der Waals surface area contributed by atoms with Crippen LogP contribution in [0.3, 0.4) is 0 Å². The molecule has 258 valence electrons. The van der Waals surface area contributed by atoms with Gasteiger partial charge in [-0.2, -0.15) is 5.26 Å². The number of pyridine rings is 1. The predicted octanol–water partition coefficient (Wildman–Crippen LogP) is 9.45. The maximum absolute atomic E-state index is 17.2. The van der Waals surface area contributed by atoms with E-state index in [-0.39, 0.29) is 29.5 Å². The molecule has 0 saturated carbocycles. The van der Waals surface area contributed by atoms with Gasteiger partial charge in [0.2, 0.25) is 0 Å². The van der Waals surface area contributed by atoms with Gasteiger partial charge in [0.05, 0.1) is 28.6 Å². The van der Waals surface area contributed by atoms with Crippen LogP contribution in [0, 0.1) is 47.3 Å². The second-order valence-electron chi connectivity index (χ2n) is 13.7. The molecule has 0 radical (unpaired) electrons. The van der Waals surface area contributed by atoms with Crippen molar-refractivity contribution in [3.05, 3.63) is 47.2 Å². The van der Waals surface area contributed by atoms with Crippen LogP contribution in [0.1, 0.15) is 65.6 Å². The van der Waals surface area contributed by atoms with Crippen molar-refractivity contribution in [3.8, 4) is 34.5 Å². The third kappa shape index (κ3) is 6.86. The summed E-state index contributed by atoms with van der Waals surface area (Å²) >= 11 is 1.32. The number of nitriles is 1. The molecule has 49 heavy (non-hydrogen) atoms. The minimum Gasteiger partial charge on any atom is -0.468 e. The van der Waals surface area contributed by atoms with Gasteiger partial charge >= 0.3 is 0 Å². The first-order valence-corrected chi connectivity index (χ1v) is 20.3. The summed E-state index contributed by atoms with van der Waals surface area (Å²) < 4.78 is 44.2. The van der Waals surface area contributed by atoms with E-state index < -0.39 is 19.7 Å². The van der Waals surface area contributed by atoms with Crippen molar-refractivity contribution in [2.45, 2.75) is 83.1 Å². The minimum atomic E-state index is -2.25. The van der Waals surface area contributed by atoms with Crippen LogP contribution < -0.4 is 9.64 Å². The van der Waals surface area contributed by atoms with E-state index in [9.17, 15) is 5.26 Å². The maximum Gasteiger partial charge on any atom is 0.189 e. The summed E-state index contributed by atoms with van der Waals surface area (Å²) in [6.07, 6.45) is 3.49. The third-order valence-electron chi connectivity index (χ3n) is 9.92. The van der Waals surface area contributed by atoms with Gasteiger partial charge in [-0.05, 0) is 66.2 Å². The first-order chi connectivity index (χ1) is 23.4. The molecule has 1 unspecified atom stereocenters. The van der Waals surface area contributed by atoms with E-state index in [1.165, 1.54) is 24.9 Å². The Morgan fingerprint density at radius 2 is 1.76 bits per heavy atom. The van der Waals surface area contributed by atoms with E-state index in [0.717, 1.165) is 12.8 Å². The fourth-order valence-electron chi connectivity index (χ4n) is 7.62. The van der Waals surface area contributed by atoms with Gasteiger partial charge in [0.25, 0.3) is 0 Å². The van der Waals surface area contributed by atoms with Crippen molar-refractivity contribution in [1.29, 1.82) is 5.26 Å².